The van der Waals surface area contributed by atoms with Crippen LogP contribution in [0.25, 0.3) is 0 Å². The Balaban J connectivity index is 2.07. The molecular formula is C15H23NO2S2. The predicted molar refractivity (Wildman–Crippen MR) is 86.6 cm³/mol. The van der Waals surface area contributed by atoms with Crippen molar-refractivity contribution in [2.75, 3.05) is 13.3 Å². The zero-order valence-corrected chi connectivity index (χ0v) is 13.9. The fourth-order valence-electron chi connectivity index (χ4n) is 2.76. The number of nitrogens with zero attached hydrogens (tertiary/aromatic N) is 1. The van der Waals surface area contributed by atoms with E-state index in [-0.39, 0.29) is 11.8 Å². The van der Waals surface area contributed by atoms with E-state index in [0.29, 0.717) is 15.1 Å². The molecule has 0 N–H and O–H groups in total. The van der Waals surface area contributed by atoms with E-state index in [0.717, 1.165) is 0 Å². The minimum Gasteiger partial charge on any atom is -0.277 e. The minimum absolute atomic E-state index is 0.107. The van der Waals surface area contributed by atoms with E-state index in [4.69, 9.17) is 0 Å². The van der Waals surface area contributed by atoms with Crippen LogP contribution in [-0.4, -0.2) is 35.3 Å². The van der Waals surface area contributed by atoms with Crippen LogP contribution in [0, 0.1) is 0 Å². The summed E-state index contributed by atoms with van der Waals surface area (Å²) in [6, 6.07) is 0. The van der Waals surface area contributed by atoms with Gasteiger partial charge in [0.2, 0.25) is 0 Å². The molecule has 2 amide bonds. The van der Waals surface area contributed by atoms with Crippen LogP contribution in [0.3, 0.4) is 0 Å². The minimum atomic E-state index is -0.131. The topological polar surface area (TPSA) is 37.4 Å². The normalized spacial score (nSPS) is 23.0. The molecule has 20 heavy (non-hydrogen) atoms. The fraction of sp³-hybridized carbons (Fsp3) is 0.733. The molecule has 0 aromatic rings. The molecule has 2 aliphatic rings. The van der Waals surface area contributed by atoms with E-state index in [2.05, 4.69) is 0 Å². The molecule has 1 aliphatic carbocycles. The van der Waals surface area contributed by atoms with Crippen LogP contribution in [0.15, 0.2) is 9.81 Å². The SMILES string of the molecule is CSC1=C(SC2CCCCCCCC2)C(=O)N(C)C1=O. The summed E-state index contributed by atoms with van der Waals surface area (Å²) in [6.45, 7) is 0. The second kappa shape index (κ2) is 7.55. The first-order chi connectivity index (χ1) is 9.65. The molecule has 1 heterocycles. The van der Waals surface area contributed by atoms with Gasteiger partial charge >= 0.3 is 0 Å². The molecule has 0 aromatic carbocycles. The molecule has 2 rings (SSSR count). The van der Waals surface area contributed by atoms with Gasteiger partial charge in [-0.15, -0.1) is 23.5 Å². The first kappa shape index (κ1) is 16.0. The molecule has 0 aromatic heterocycles. The van der Waals surface area contributed by atoms with Crippen molar-refractivity contribution in [2.24, 2.45) is 0 Å². The van der Waals surface area contributed by atoms with Gasteiger partial charge in [0.05, 0.1) is 9.81 Å². The average molecular weight is 313 g/mol. The van der Waals surface area contributed by atoms with Crippen molar-refractivity contribution in [2.45, 2.75) is 56.6 Å². The van der Waals surface area contributed by atoms with Crippen molar-refractivity contribution in [3.63, 3.8) is 0 Å². The number of hydrogen-bond donors (Lipinski definition) is 0. The molecule has 0 atom stereocenters. The fourth-order valence-corrected chi connectivity index (χ4v) is 5.07. The van der Waals surface area contributed by atoms with Crippen LogP contribution < -0.4 is 0 Å². The molecule has 0 unspecified atom stereocenters. The van der Waals surface area contributed by atoms with Gasteiger partial charge < -0.3 is 0 Å². The van der Waals surface area contributed by atoms with Gasteiger partial charge in [-0.25, -0.2) is 0 Å². The van der Waals surface area contributed by atoms with E-state index in [1.807, 2.05) is 6.26 Å². The van der Waals surface area contributed by atoms with Gasteiger partial charge in [-0.2, -0.15) is 0 Å². The summed E-state index contributed by atoms with van der Waals surface area (Å²) in [5, 5.41) is 0.494. The maximum atomic E-state index is 12.2. The second-order valence-corrected chi connectivity index (χ2v) is 7.60. The summed E-state index contributed by atoms with van der Waals surface area (Å²) in [5.41, 5.74) is 0. The summed E-state index contributed by atoms with van der Waals surface area (Å²) in [4.78, 5) is 26.8. The van der Waals surface area contributed by atoms with Gasteiger partial charge in [0, 0.05) is 12.3 Å². The van der Waals surface area contributed by atoms with Gasteiger partial charge in [0.25, 0.3) is 11.8 Å². The Morgan fingerprint density at radius 3 is 1.95 bits per heavy atom. The lowest BCUT2D eigenvalue weighted by molar-refractivity contribution is -0.135. The van der Waals surface area contributed by atoms with Gasteiger partial charge in [-0.05, 0) is 19.1 Å². The standard InChI is InChI=1S/C15H23NO2S2/c1-16-14(17)12(19-2)13(15(16)18)20-11-9-7-5-3-4-6-8-10-11/h11H,3-10H2,1-2H3. The monoisotopic (exact) mass is 313 g/mol. The van der Waals surface area contributed by atoms with Crippen molar-refractivity contribution >= 4 is 35.3 Å². The maximum Gasteiger partial charge on any atom is 0.268 e. The van der Waals surface area contributed by atoms with Crippen molar-refractivity contribution in [3.8, 4) is 0 Å². The van der Waals surface area contributed by atoms with Crippen molar-refractivity contribution in [3.05, 3.63) is 9.81 Å². The van der Waals surface area contributed by atoms with Crippen LogP contribution in [0.1, 0.15) is 51.4 Å². The average Bonchev–Trinajstić information content (AvgIpc) is 2.73. The molecule has 0 radical (unpaired) electrons. The number of imide groups is 1. The molecule has 0 saturated heterocycles. The van der Waals surface area contributed by atoms with Gasteiger partial charge in [-0.3, -0.25) is 14.5 Å². The van der Waals surface area contributed by atoms with Crippen LogP contribution in [-0.2, 0) is 9.59 Å². The quantitative estimate of drug-likeness (QED) is 0.743. The molecular weight excluding hydrogens is 290 g/mol. The Bertz CT molecular complexity index is 410. The van der Waals surface area contributed by atoms with Crippen molar-refractivity contribution in [1.29, 1.82) is 0 Å². The van der Waals surface area contributed by atoms with E-state index in [9.17, 15) is 9.59 Å². The Kier molecular flexibility index (Phi) is 6.02. The summed E-state index contributed by atoms with van der Waals surface area (Å²) >= 11 is 3.06. The third-order valence-corrected chi connectivity index (χ3v) is 6.33. The number of amides is 2. The van der Waals surface area contributed by atoms with Crippen molar-refractivity contribution in [1.82, 2.24) is 4.90 Å². The number of rotatable bonds is 3. The molecule has 1 aliphatic heterocycles. The highest BCUT2D eigenvalue weighted by atomic mass is 32.2. The molecule has 3 nitrogen and oxygen atoms in total. The van der Waals surface area contributed by atoms with E-state index >= 15 is 0 Å². The Hall–Kier alpha value is -0.420. The molecule has 0 bridgehead atoms. The van der Waals surface area contributed by atoms with Crippen molar-refractivity contribution < 1.29 is 9.59 Å². The lowest BCUT2D eigenvalue weighted by Gasteiger charge is -2.16. The summed E-state index contributed by atoms with van der Waals surface area (Å²) in [6.07, 6.45) is 12.0. The first-order valence-corrected chi connectivity index (χ1v) is 9.53. The van der Waals surface area contributed by atoms with Crippen LogP contribution in [0.5, 0.6) is 0 Å². The summed E-state index contributed by atoms with van der Waals surface area (Å²) in [5.74, 6) is -0.239. The van der Waals surface area contributed by atoms with Crippen LogP contribution >= 0.6 is 23.5 Å². The number of likely N-dealkylation sites (N-methyl/N-ethyl adjacent to an activating group) is 1. The lowest BCUT2D eigenvalue weighted by Crippen LogP contribution is -2.26. The summed E-state index contributed by atoms with van der Waals surface area (Å²) in [7, 11) is 1.58. The van der Waals surface area contributed by atoms with Crippen LogP contribution in [0.2, 0.25) is 0 Å². The van der Waals surface area contributed by atoms with E-state index in [1.165, 1.54) is 68.0 Å². The molecule has 112 valence electrons. The zero-order valence-electron chi connectivity index (χ0n) is 12.3. The van der Waals surface area contributed by atoms with Crippen LogP contribution in [0.4, 0.5) is 0 Å². The first-order valence-electron chi connectivity index (χ1n) is 7.42. The van der Waals surface area contributed by atoms with Gasteiger partial charge in [0.15, 0.2) is 0 Å². The highest BCUT2D eigenvalue weighted by Gasteiger charge is 2.36. The van der Waals surface area contributed by atoms with Gasteiger partial charge in [0.1, 0.15) is 0 Å². The third-order valence-electron chi connectivity index (χ3n) is 3.99. The third kappa shape index (κ3) is 3.61. The largest absolute Gasteiger partial charge is 0.277 e. The zero-order chi connectivity index (χ0) is 14.5. The predicted octanol–water partition coefficient (Wildman–Crippen LogP) is 3.80. The summed E-state index contributed by atoms with van der Waals surface area (Å²) < 4.78 is 0. The number of hydrogen-bond acceptors (Lipinski definition) is 4. The number of thioether (sulfide) groups is 2. The van der Waals surface area contributed by atoms with E-state index < -0.39 is 0 Å². The molecule has 1 saturated carbocycles. The highest BCUT2D eigenvalue weighted by Crippen LogP contribution is 2.39. The number of carbonyl (C=O) groups excluding carboxylic acids is 2. The Morgan fingerprint density at radius 1 is 0.900 bits per heavy atom. The van der Waals surface area contributed by atoms with Gasteiger partial charge in [-0.1, -0.05) is 38.5 Å². The molecule has 0 spiro atoms. The smallest absolute Gasteiger partial charge is 0.268 e. The maximum absolute atomic E-state index is 12.2. The lowest BCUT2D eigenvalue weighted by atomic mass is 10.1. The molecule has 5 heteroatoms. The second-order valence-electron chi connectivity index (χ2n) is 5.47. The Morgan fingerprint density at radius 2 is 1.40 bits per heavy atom. The molecule has 1 fully saturated rings. The Labute approximate surface area is 129 Å². The van der Waals surface area contributed by atoms with E-state index in [1.54, 1.807) is 18.8 Å². The highest BCUT2D eigenvalue weighted by molar-refractivity contribution is 8.08. The number of carbonyl (C=O) groups is 2.